The zero-order chi connectivity index (χ0) is 30.8. The number of aromatic nitrogens is 2. The predicted molar refractivity (Wildman–Crippen MR) is 158 cm³/mol. The van der Waals surface area contributed by atoms with E-state index in [1.165, 1.54) is 7.11 Å². The van der Waals surface area contributed by atoms with E-state index in [1.807, 2.05) is 6.92 Å². The van der Waals surface area contributed by atoms with Crippen molar-refractivity contribution in [2.45, 2.75) is 65.0 Å². The van der Waals surface area contributed by atoms with Gasteiger partial charge in [-0.15, -0.1) is 0 Å². The lowest BCUT2D eigenvalue weighted by Crippen LogP contribution is -2.51. The molecule has 12 nitrogen and oxygen atoms in total. The summed E-state index contributed by atoms with van der Waals surface area (Å²) in [5, 5.41) is 22.9. The summed E-state index contributed by atoms with van der Waals surface area (Å²) in [6, 6.07) is 3.25. The van der Waals surface area contributed by atoms with Crippen molar-refractivity contribution in [3.05, 3.63) is 29.1 Å². The number of rotatable bonds is 9. The van der Waals surface area contributed by atoms with Gasteiger partial charge in [0, 0.05) is 37.1 Å². The van der Waals surface area contributed by atoms with Crippen molar-refractivity contribution in [2.75, 3.05) is 38.2 Å². The van der Waals surface area contributed by atoms with E-state index in [0.717, 1.165) is 24.2 Å². The summed E-state index contributed by atoms with van der Waals surface area (Å²) in [5.74, 6) is -3.51. The molecule has 4 rings (SSSR count). The van der Waals surface area contributed by atoms with E-state index < -0.39 is 29.1 Å². The molecule has 0 radical (unpaired) electrons. The number of alkyl carbamates (subject to hydrolysis) is 1. The first-order valence-electron chi connectivity index (χ1n) is 14.2. The third-order valence-electron chi connectivity index (χ3n) is 8.72. The van der Waals surface area contributed by atoms with E-state index >= 15 is 0 Å². The smallest absolute Gasteiger partial charge is 0.407 e. The molecule has 1 amide bonds. The number of hydrogen-bond acceptors (Lipinski definition) is 8. The Morgan fingerprint density at radius 3 is 2.40 bits per heavy atom. The van der Waals surface area contributed by atoms with E-state index in [4.69, 9.17) is 16.3 Å². The van der Waals surface area contributed by atoms with E-state index in [2.05, 4.69) is 33.9 Å². The molecule has 1 saturated carbocycles. The maximum absolute atomic E-state index is 14.3. The Morgan fingerprint density at radius 1 is 1.17 bits per heavy atom. The molecule has 2 fully saturated rings. The van der Waals surface area contributed by atoms with Crippen molar-refractivity contribution < 1.29 is 34.1 Å². The molecule has 0 spiro atoms. The number of aliphatic carboxylic acids is 2. The highest BCUT2D eigenvalue weighted by Crippen LogP contribution is 2.43. The van der Waals surface area contributed by atoms with Crippen LogP contribution in [0.4, 0.5) is 10.5 Å². The number of nitrogens with one attached hydrogen (secondary N) is 1. The van der Waals surface area contributed by atoms with Crippen LogP contribution in [-0.2, 0) is 14.3 Å². The highest BCUT2D eigenvalue weighted by atomic mass is 35.5. The number of carbonyl (C=O) groups is 4. The van der Waals surface area contributed by atoms with Crippen molar-refractivity contribution in [3.63, 3.8) is 0 Å². The number of ketones is 1. The van der Waals surface area contributed by atoms with Gasteiger partial charge in [0.15, 0.2) is 5.82 Å². The van der Waals surface area contributed by atoms with Gasteiger partial charge in [0.1, 0.15) is 5.70 Å². The Bertz CT molecular complexity index is 1410. The third-order valence-corrected chi connectivity index (χ3v) is 9.03. The summed E-state index contributed by atoms with van der Waals surface area (Å²) < 4.78 is 5.85. The standard InChI is InChI=1S/C29H38ClN5O7/c1-5-29(9-7-18(8-10-29)31-28(41)42-4)25(38)26-32-20-13-19(30)21(34-12-11-33(6-2)16-17(34)3)14-22(20)35(26)23(27(39)40)15-24(36)37/h13-15,17-18H,5-12,16H2,1-4H3,(H,31,41)(H,36,37)(H,39,40)/b23-15-/t17-,18?,29?/m0/s1. The van der Waals surface area contributed by atoms with Gasteiger partial charge in [-0.1, -0.05) is 25.4 Å². The lowest BCUT2D eigenvalue weighted by Gasteiger charge is -2.41. The Kier molecular flexibility index (Phi) is 9.47. The molecule has 1 saturated heterocycles. The van der Waals surface area contributed by atoms with E-state index in [1.54, 1.807) is 12.1 Å². The topological polar surface area (TPSA) is 154 Å². The van der Waals surface area contributed by atoms with Crippen molar-refractivity contribution >= 4 is 57.8 Å². The van der Waals surface area contributed by atoms with Crippen molar-refractivity contribution in [1.29, 1.82) is 0 Å². The molecule has 42 heavy (non-hydrogen) atoms. The van der Waals surface area contributed by atoms with Crippen LogP contribution < -0.4 is 10.2 Å². The molecule has 1 atom stereocenters. The number of carbonyl (C=O) groups excluding carboxylic acids is 2. The molecule has 0 unspecified atom stereocenters. The van der Waals surface area contributed by atoms with Crippen LogP contribution in [0.15, 0.2) is 18.2 Å². The zero-order valence-electron chi connectivity index (χ0n) is 24.4. The molecule has 1 aliphatic carbocycles. The average Bonchev–Trinajstić information content (AvgIpc) is 3.32. The molecular formula is C29H38ClN5O7. The van der Waals surface area contributed by atoms with Crippen molar-refractivity contribution in [1.82, 2.24) is 19.8 Å². The minimum Gasteiger partial charge on any atom is -0.478 e. The summed E-state index contributed by atoms with van der Waals surface area (Å²) >= 11 is 6.75. The molecule has 0 bridgehead atoms. The molecule has 2 aromatic rings. The summed E-state index contributed by atoms with van der Waals surface area (Å²) in [7, 11) is 1.29. The number of carboxylic acid groups (broad SMARTS) is 2. The molecule has 1 aliphatic heterocycles. The van der Waals surface area contributed by atoms with E-state index in [-0.39, 0.29) is 34.7 Å². The minimum atomic E-state index is -1.51. The van der Waals surface area contributed by atoms with E-state index in [0.29, 0.717) is 55.4 Å². The van der Waals surface area contributed by atoms with Gasteiger partial charge >= 0.3 is 18.0 Å². The zero-order valence-corrected chi connectivity index (χ0v) is 25.1. The van der Waals surface area contributed by atoms with Gasteiger partial charge in [-0.25, -0.2) is 19.4 Å². The minimum absolute atomic E-state index is 0.108. The number of anilines is 1. The Morgan fingerprint density at radius 2 is 1.86 bits per heavy atom. The summed E-state index contributed by atoms with van der Waals surface area (Å²) in [6.07, 6.45) is 2.38. The molecule has 13 heteroatoms. The molecular weight excluding hydrogens is 566 g/mol. The van der Waals surface area contributed by atoms with Crippen LogP contribution >= 0.6 is 11.6 Å². The number of Topliss-reactive ketones (excluding diaryl/α,β-unsaturated/α-hetero) is 1. The molecule has 1 aromatic heterocycles. The first-order chi connectivity index (χ1) is 19.9. The van der Waals surface area contributed by atoms with Crippen molar-refractivity contribution in [2.24, 2.45) is 5.41 Å². The fraction of sp³-hybridized carbons (Fsp3) is 0.552. The predicted octanol–water partition coefficient (Wildman–Crippen LogP) is 4.11. The quantitative estimate of drug-likeness (QED) is 0.282. The van der Waals surface area contributed by atoms with Crippen LogP contribution in [0.2, 0.25) is 5.02 Å². The highest BCUT2D eigenvalue weighted by molar-refractivity contribution is 6.34. The van der Waals surface area contributed by atoms with E-state index in [9.17, 15) is 29.4 Å². The fourth-order valence-electron chi connectivity index (χ4n) is 6.24. The maximum Gasteiger partial charge on any atom is 0.407 e. The number of hydrogen-bond donors (Lipinski definition) is 3. The second-order valence-electron chi connectivity index (χ2n) is 11.0. The number of methoxy groups -OCH3 is 1. The van der Waals surface area contributed by atoms with Crippen LogP contribution in [-0.4, -0.2) is 93.9 Å². The van der Waals surface area contributed by atoms with Crippen LogP contribution in [0.5, 0.6) is 0 Å². The lowest BCUT2D eigenvalue weighted by atomic mass is 9.68. The second-order valence-corrected chi connectivity index (χ2v) is 11.5. The Labute approximate surface area is 249 Å². The number of amides is 1. The number of nitrogens with zero attached hydrogens (tertiary/aromatic N) is 4. The van der Waals surface area contributed by atoms with Gasteiger partial charge in [0.25, 0.3) is 0 Å². The number of imidazole rings is 1. The Balaban J connectivity index is 1.83. The van der Waals surface area contributed by atoms with Crippen LogP contribution in [0.25, 0.3) is 16.7 Å². The monoisotopic (exact) mass is 603 g/mol. The SMILES string of the molecule is CCN1CCN(c2cc3c(cc2Cl)nc(C(=O)C2(CC)CCC(NC(=O)OC)CC2)n3/C(=C\C(=O)O)C(=O)O)[C@@H](C)C1. The number of carboxylic acids is 2. The fourth-order valence-corrected chi connectivity index (χ4v) is 6.51. The maximum atomic E-state index is 14.3. The Hall–Kier alpha value is -3.64. The summed E-state index contributed by atoms with van der Waals surface area (Å²) in [5.41, 5.74) is -0.246. The first-order valence-corrected chi connectivity index (χ1v) is 14.6. The van der Waals surface area contributed by atoms with Gasteiger partial charge in [-0.3, -0.25) is 14.3 Å². The lowest BCUT2D eigenvalue weighted by molar-refractivity contribution is -0.133. The van der Waals surface area contributed by atoms with Gasteiger partial charge in [-0.05, 0) is 57.7 Å². The molecule has 2 aliphatic rings. The normalized spacial score (nSPS) is 23.5. The van der Waals surface area contributed by atoms with Crippen LogP contribution in [0, 0.1) is 5.41 Å². The largest absolute Gasteiger partial charge is 0.478 e. The molecule has 3 N–H and O–H groups in total. The second kappa shape index (κ2) is 12.7. The van der Waals surface area contributed by atoms with Gasteiger partial charge in [-0.2, -0.15) is 0 Å². The molecule has 2 heterocycles. The number of fused-ring (bicyclic) bond motifs is 1. The highest BCUT2D eigenvalue weighted by Gasteiger charge is 2.44. The van der Waals surface area contributed by atoms with Crippen LogP contribution in [0.1, 0.15) is 63.5 Å². The van der Waals surface area contributed by atoms with Gasteiger partial charge < -0.3 is 25.2 Å². The summed E-state index contributed by atoms with van der Waals surface area (Å²) in [4.78, 5) is 59.3. The molecule has 1 aromatic carbocycles. The number of likely N-dealkylation sites (N-methyl/N-ethyl adjacent to an activating group) is 1. The number of ether oxygens (including phenoxy) is 1. The van der Waals surface area contributed by atoms with Crippen molar-refractivity contribution in [3.8, 4) is 0 Å². The summed E-state index contributed by atoms with van der Waals surface area (Å²) in [6.45, 7) is 9.32. The average molecular weight is 604 g/mol. The number of benzene rings is 1. The number of piperazine rings is 1. The van der Waals surface area contributed by atoms with Gasteiger partial charge in [0.05, 0.1) is 34.9 Å². The van der Waals surface area contributed by atoms with Gasteiger partial charge in [0.2, 0.25) is 5.78 Å². The molecule has 228 valence electrons. The number of halogens is 1. The first kappa shape index (κ1) is 31.3. The van der Waals surface area contributed by atoms with Crippen LogP contribution in [0.3, 0.4) is 0 Å². The third kappa shape index (κ3) is 6.10.